The number of nitrogens with zero attached hydrogens (tertiary/aromatic N) is 2. The summed E-state index contributed by atoms with van der Waals surface area (Å²) in [5.74, 6) is 0.789. The molecule has 2 rings (SSSR count). The van der Waals surface area contributed by atoms with Gasteiger partial charge < -0.3 is 15.4 Å². The molecule has 1 amide bonds. The molecule has 0 aliphatic carbocycles. The molecule has 1 heterocycles. The number of methoxy groups -OCH3 is 1. The zero-order chi connectivity index (χ0) is 14.5. The summed E-state index contributed by atoms with van der Waals surface area (Å²) in [5, 5.41) is 13.6. The Labute approximate surface area is 121 Å². The van der Waals surface area contributed by atoms with Crippen molar-refractivity contribution in [2.75, 3.05) is 24.8 Å². The molecule has 104 valence electrons. The zero-order valence-electron chi connectivity index (χ0n) is 11.0. The molecular formula is C13H13ClN4O2. The summed E-state index contributed by atoms with van der Waals surface area (Å²) in [5.41, 5.74) is 0.651. The van der Waals surface area contributed by atoms with Crippen LogP contribution in [-0.2, 0) is 0 Å². The van der Waals surface area contributed by atoms with Gasteiger partial charge in [0, 0.05) is 13.1 Å². The van der Waals surface area contributed by atoms with Crippen molar-refractivity contribution in [2.45, 2.75) is 0 Å². The average Bonchev–Trinajstić information content (AvgIpc) is 2.49. The van der Waals surface area contributed by atoms with Crippen LogP contribution in [0.25, 0.3) is 0 Å². The van der Waals surface area contributed by atoms with E-state index in [1.807, 2.05) is 0 Å². The summed E-state index contributed by atoms with van der Waals surface area (Å²) in [6.07, 6.45) is 0. The Morgan fingerprint density at radius 3 is 2.65 bits per heavy atom. The quantitative estimate of drug-likeness (QED) is 0.905. The van der Waals surface area contributed by atoms with Crippen molar-refractivity contribution in [1.82, 2.24) is 10.2 Å². The number of benzene rings is 1. The highest BCUT2D eigenvalue weighted by Gasteiger charge is 2.11. The summed E-state index contributed by atoms with van der Waals surface area (Å²) in [6, 6.07) is 8.22. The summed E-state index contributed by atoms with van der Waals surface area (Å²) in [4.78, 5) is 12.0. The predicted octanol–water partition coefficient (Wildman–Crippen LogP) is 2.43. The molecule has 0 saturated heterocycles. The molecule has 0 bridgehead atoms. The second kappa shape index (κ2) is 6.21. The smallest absolute Gasteiger partial charge is 0.276 e. The number of ether oxygens (including phenoxy) is 1. The Hall–Kier alpha value is -2.34. The molecule has 0 aliphatic heterocycles. The summed E-state index contributed by atoms with van der Waals surface area (Å²) in [7, 11) is 3.26. The first-order valence-corrected chi connectivity index (χ1v) is 6.18. The van der Waals surface area contributed by atoms with E-state index in [9.17, 15) is 4.79 Å². The van der Waals surface area contributed by atoms with E-state index in [1.165, 1.54) is 7.11 Å². The van der Waals surface area contributed by atoms with Gasteiger partial charge in [-0.3, -0.25) is 4.79 Å². The average molecular weight is 293 g/mol. The summed E-state index contributed by atoms with van der Waals surface area (Å²) >= 11 is 6.02. The molecule has 0 unspecified atom stereocenters. The fraction of sp³-hybridized carbons (Fsp3) is 0.154. The fourth-order valence-electron chi connectivity index (χ4n) is 1.50. The Balaban J connectivity index is 2.18. The maximum atomic E-state index is 12.0. The number of nitrogens with one attached hydrogen (secondary N) is 2. The highest BCUT2D eigenvalue weighted by Crippen LogP contribution is 2.26. The van der Waals surface area contributed by atoms with E-state index in [4.69, 9.17) is 16.3 Å². The minimum atomic E-state index is -0.393. The first kappa shape index (κ1) is 14.1. The lowest BCUT2D eigenvalue weighted by Crippen LogP contribution is -2.15. The SMILES string of the molecule is CNc1ccc(C(=O)Nc2cc(OC)ccc2Cl)nn1. The second-order valence-electron chi connectivity index (χ2n) is 3.85. The number of amides is 1. The van der Waals surface area contributed by atoms with E-state index in [1.54, 1.807) is 37.4 Å². The van der Waals surface area contributed by atoms with Gasteiger partial charge in [-0.1, -0.05) is 11.6 Å². The van der Waals surface area contributed by atoms with E-state index >= 15 is 0 Å². The van der Waals surface area contributed by atoms with Crippen LogP contribution in [0.4, 0.5) is 11.5 Å². The van der Waals surface area contributed by atoms with Crippen LogP contribution in [0.3, 0.4) is 0 Å². The minimum Gasteiger partial charge on any atom is -0.497 e. The molecule has 2 N–H and O–H groups in total. The molecule has 0 radical (unpaired) electrons. The Morgan fingerprint density at radius 2 is 2.05 bits per heavy atom. The molecule has 7 heteroatoms. The lowest BCUT2D eigenvalue weighted by atomic mass is 10.2. The monoisotopic (exact) mass is 292 g/mol. The number of hydrogen-bond acceptors (Lipinski definition) is 5. The summed E-state index contributed by atoms with van der Waals surface area (Å²) in [6.45, 7) is 0. The first-order valence-electron chi connectivity index (χ1n) is 5.80. The molecule has 20 heavy (non-hydrogen) atoms. The molecule has 0 saturated carbocycles. The van der Waals surface area contributed by atoms with Crippen LogP contribution in [0, 0.1) is 0 Å². The number of anilines is 2. The Kier molecular flexibility index (Phi) is 4.37. The van der Waals surface area contributed by atoms with Crippen LogP contribution >= 0.6 is 11.6 Å². The maximum absolute atomic E-state index is 12.0. The first-order chi connectivity index (χ1) is 9.63. The second-order valence-corrected chi connectivity index (χ2v) is 4.26. The number of carbonyl (C=O) groups excluding carboxylic acids is 1. The van der Waals surface area contributed by atoms with Gasteiger partial charge in [-0.25, -0.2) is 0 Å². The molecule has 6 nitrogen and oxygen atoms in total. The fourth-order valence-corrected chi connectivity index (χ4v) is 1.66. The Morgan fingerprint density at radius 1 is 1.25 bits per heavy atom. The van der Waals surface area contributed by atoms with Gasteiger partial charge in [-0.05, 0) is 24.3 Å². The zero-order valence-corrected chi connectivity index (χ0v) is 11.7. The van der Waals surface area contributed by atoms with Gasteiger partial charge in [0.25, 0.3) is 5.91 Å². The van der Waals surface area contributed by atoms with Crippen molar-refractivity contribution < 1.29 is 9.53 Å². The van der Waals surface area contributed by atoms with Gasteiger partial charge in [-0.15, -0.1) is 10.2 Å². The van der Waals surface area contributed by atoms with Crippen LogP contribution in [-0.4, -0.2) is 30.3 Å². The van der Waals surface area contributed by atoms with Gasteiger partial charge >= 0.3 is 0 Å². The molecule has 0 spiro atoms. The third-order valence-corrected chi connectivity index (χ3v) is 2.90. The van der Waals surface area contributed by atoms with E-state index in [2.05, 4.69) is 20.8 Å². The van der Waals surface area contributed by atoms with Crippen LogP contribution < -0.4 is 15.4 Å². The highest BCUT2D eigenvalue weighted by molar-refractivity contribution is 6.34. The molecule has 2 aromatic rings. The molecule has 0 atom stereocenters. The van der Waals surface area contributed by atoms with Crippen LogP contribution in [0.15, 0.2) is 30.3 Å². The van der Waals surface area contributed by atoms with Crippen LogP contribution in [0.5, 0.6) is 5.75 Å². The van der Waals surface area contributed by atoms with Gasteiger partial charge in [0.15, 0.2) is 5.69 Å². The van der Waals surface area contributed by atoms with Crippen molar-refractivity contribution in [1.29, 1.82) is 0 Å². The van der Waals surface area contributed by atoms with Gasteiger partial charge in [0.2, 0.25) is 0 Å². The molecule has 0 fully saturated rings. The summed E-state index contributed by atoms with van der Waals surface area (Å²) < 4.78 is 5.08. The molecule has 1 aromatic heterocycles. The topological polar surface area (TPSA) is 76.1 Å². The van der Waals surface area contributed by atoms with Crippen molar-refractivity contribution in [3.8, 4) is 5.75 Å². The van der Waals surface area contributed by atoms with Gasteiger partial charge in [-0.2, -0.15) is 0 Å². The van der Waals surface area contributed by atoms with Gasteiger partial charge in [0.05, 0.1) is 17.8 Å². The highest BCUT2D eigenvalue weighted by atomic mass is 35.5. The molecule has 1 aromatic carbocycles. The van der Waals surface area contributed by atoms with E-state index in [-0.39, 0.29) is 5.69 Å². The number of halogens is 1. The number of hydrogen-bond donors (Lipinski definition) is 2. The predicted molar refractivity (Wildman–Crippen MR) is 77.5 cm³/mol. The van der Waals surface area contributed by atoms with Crippen molar-refractivity contribution in [3.63, 3.8) is 0 Å². The van der Waals surface area contributed by atoms with Crippen molar-refractivity contribution in [3.05, 3.63) is 41.0 Å². The van der Waals surface area contributed by atoms with Crippen molar-refractivity contribution >= 4 is 29.0 Å². The third kappa shape index (κ3) is 3.16. The van der Waals surface area contributed by atoms with Gasteiger partial charge in [0.1, 0.15) is 11.6 Å². The van der Waals surface area contributed by atoms with E-state index < -0.39 is 5.91 Å². The van der Waals surface area contributed by atoms with Crippen LogP contribution in [0.2, 0.25) is 5.02 Å². The van der Waals surface area contributed by atoms with E-state index in [0.29, 0.717) is 22.3 Å². The number of aromatic nitrogens is 2. The minimum absolute atomic E-state index is 0.197. The maximum Gasteiger partial charge on any atom is 0.276 e. The van der Waals surface area contributed by atoms with Crippen molar-refractivity contribution in [2.24, 2.45) is 0 Å². The lowest BCUT2D eigenvalue weighted by Gasteiger charge is -2.08. The lowest BCUT2D eigenvalue weighted by molar-refractivity contribution is 0.102. The standard InChI is InChI=1S/C13H13ClN4O2/c1-15-12-6-5-10(17-18-12)13(19)16-11-7-8(20-2)3-4-9(11)14/h3-7H,1-2H3,(H,15,18)(H,16,19). The van der Waals surface area contributed by atoms with Crippen LogP contribution in [0.1, 0.15) is 10.5 Å². The van der Waals surface area contributed by atoms with E-state index in [0.717, 1.165) is 0 Å². The third-order valence-electron chi connectivity index (χ3n) is 2.58. The molecular weight excluding hydrogens is 280 g/mol. The largest absolute Gasteiger partial charge is 0.497 e. The molecule has 0 aliphatic rings. The number of rotatable bonds is 4. The number of carbonyl (C=O) groups is 1. The Bertz CT molecular complexity index is 616. The normalized spacial score (nSPS) is 9.95.